The van der Waals surface area contributed by atoms with Crippen LogP contribution in [0.5, 0.6) is 0 Å². The van der Waals surface area contributed by atoms with Crippen LogP contribution in [0.4, 0.5) is 17.6 Å². The van der Waals surface area contributed by atoms with Gasteiger partial charge in [0.2, 0.25) is 0 Å². The van der Waals surface area contributed by atoms with Gasteiger partial charge < -0.3 is 10.8 Å². The molecule has 0 fully saturated rings. The Labute approximate surface area is 152 Å². The van der Waals surface area contributed by atoms with E-state index in [2.05, 4.69) is 0 Å². The van der Waals surface area contributed by atoms with Gasteiger partial charge in [-0.1, -0.05) is 24.3 Å². The summed E-state index contributed by atoms with van der Waals surface area (Å²) in [5, 5.41) is 8.40. The van der Waals surface area contributed by atoms with Crippen LogP contribution < -0.4 is 5.73 Å². The molecule has 2 unspecified atom stereocenters. The zero-order valence-electron chi connectivity index (χ0n) is 13.5. The fraction of sp³-hybridized carbons (Fsp3) is 0.278. The van der Waals surface area contributed by atoms with E-state index in [4.69, 9.17) is 10.8 Å². The minimum Gasteiger partial charge on any atom is -0.480 e. The second-order valence-electron chi connectivity index (χ2n) is 5.66. The number of carboxylic acid groups (broad SMARTS) is 1. The SMILES string of the molecule is NC(CCSC(c1ccc(C(F)(F)F)cc1)c1cccc(F)c1)C(=O)O. The van der Waals surface area contributed by atoms with Crippen molar-refractivity contribution in [2.24, 2.45) is 5.73 Å². The van der Waals surface area contributed by atoms with Crippen LogP contribution in [0.2, 0.25) is 0 Å². The first-order valence-corrected chi connectivity index (χ1v) is 8.76. The molecule has 2 rings (SSSR count). The molecule has 140 valence electrons. The summed E-state index contributed by atoms with van der Waals surface area (Å²) < 4.78 is 51.8. The molecule has 8 heteroatoms. The van der Waals surface area contributed by atoms with Gasteiger partial charge in [0.15, 0.2) is 0 Å². The molecule has 0 amide bonds. The average molecular weight is 387 g/mol. The van der Waals surface area contributed by atoms with Crippen LogP contribution in [0.1, 0.15) is 28.4 Å². The van der Waals surface area contributed by atoms with Crippen molar-refractivity contribution in [1.82, 2.24) is 0 Å². The van der Waals surface area contributed by atoms with Crippen molar-refractivity contribution in [2.45, 2.75) is 23.9 Å². The monoisotopic (exact) mass is 387 g/mol. The molecule has 26 heavy (non-hydrogen) atoms. The number of halogens is 4. The number of thioether (sulfide) groups is 1. The third-order valence-corrected chi connectivity index (χ3v) is 5.07. The van der Waals surface area contributed by atoms with Crippen molar-refractivity contribution in [3.8, 4) is 0 Å². The van der Waals surface area contributed by atoms with Gasteiger partial charge in [0.05, 0.1) is 10.8 Å². The molecule has 2 aromatic rings. The van der Waals surface area contributed by atoms with E-state index in [0.717, 1.165) is 12.1 Å². The maximum atomic E-state index is 13.6. The Balaban J connectivity index is 2.24. The lowest BCUT2D eigenvalue weighted by Gasteiger charge is -2.19. The van der Waals surface area contributed by atoms with Crippen LogP contribution in [0.3, 0.4) is 0 Å². The van der Waals surface area contributed by atoms with Gasteiger partial charge in [0.1, 0.15) is 11.9 Å². The minimum absolute atomic E-state index is 0.187. The molecule has 0 bridgehead atoms. The van der Waals surface area contributed by atoms with Gasteiger partial charge in [-0.2, -0.15) is 13.2 Å². The van der Waals surface area contributed by atoms with E-state index < -0.39 is 34.8 Å². The first-order chi connectivity index (χ1) is 12.2. The van der Waals surface area contributed by atoms with Crippen molar-refractivity contribution < 1.29 is 27.5 Å². The fourth-order valence-corrected chi connectivity index (χ4v) is 3.65. The topological polar surface area (TPSA) is 63.3 Å². The van der Waals surface area contributed by atoms with Crippen LogP contribution >= 0.6 is 11.8 Å². The Bertz CT molecular complexity index is 750. The summed E-state index contributed by atoms with van der Waals surface area (Å²) in [4.78, 5) is 10.8. The highest BCUT2D eigenvalue weighted by molar-refractivity contribution is 7.99. The summed E-state index contributed by atoms with van der Waals surface area (Å²) in [7, 11) is 0. The summed E-state index contributed by atoms with van der Waals surface area (Å²) in [5.74, 6) is -1.22. The summed E-state index contributed by atoms with van der Waals surface area (Å²) in [6, 6.07) is 9.41. The molecule has 0 aliphatic heterocycles. The fourth-order valence-electron chi connectivity index (χ4n) is 2.34. The third-order valence-electron chi connectivity index (χ3n) is 3.72. The molecule has 0 radical (unpaired) electrons. The number of rotatable bonds is 7. The molecule has 0 aliphatic rings. The Morgan fingerprint density at radius 3 is 2.31 bits per heavy atom. The lowest BCUT2D eigenvalue weighted by molar-refractivity contribution is -0.139. The Morgan fingerprint density at radius 2 is 1.77 bits per heavy atom. The summed E-state index contributed by atoms with van der Waals surface area (Å²) in [6.07, 6.45) is -4.25. The second kappa shape index (κ2) is 8.55. The maximum absolute atomic E-state index is 13.6. The zero-order valence-corrected chi connectivity index (χ0v) is 14.4. The van der Waals surface area contributed by atoms with Gasteiger partial charge in [0.25, 0.3) is 0 Å². The highest BCUT2D eigenvalue weighted by Crippen LogP contribution is 2.38. The largest absolute Gasteiger partial charge is 0.480 e. The van der Waals surface area contributed by atoms with Crippen molar-refractivity contribution in [1.29, 1.82) is 0 Å². The van der Waals surface area contributed by atoms with E-state index in [1.807, 2.05) is 0 Å². The van der Waals surface area contributed by atoms with Crippen molar-refractivity contribution >= 4 is 17.7 Å². The van der Waals surface area contributed by atoms with Gasteiger partial charge in [-0.25, -0.2) is 4.39 Å². The maximum Gasteiger partial charge on any atom is 0.416 e. The number of carbonyl (C=O) groups is 1. The summed E-state index contributed by atoms with van der Waals surface area (Å²) in [6.45, 7) is 0. The Morgan fingerprint density at radius 1 is 1.12 bits per heavy atom. The van der Waals surface area contributed by atoms with Crippen LogP contribution in [0, 0.1) is 5.82 Å². The van der Waals surface area contributed by atoms with Crippen molar-refractivity contribution in [3.63, 3.8) is 0 Å². The number of nitrogens with two attached hydrogens (primary N) is 1. The van der Waals surface area contributed by atoms with Gasteiger partial charge in [0, 0.05) is 0 Å². The lowest BCUT2D eigenvalue weighted by atomic mass is 10.0. The highest BCUT2D eigenvalue weighted by atomic mass is 32.2. The zero-order chi connectivity index (χ0) is 19.3. The van der Waals surface area contributed by atoms with Crippen LogP contribution in [0.15, 0.2) is 48.5 Å². The molecule has 3 nitrogen and oxygen atoms in total. The number of aliphatic carboxylic acids is 1. The predicted molar refractivity (Wildman–Crippen MR) is 92.4 cm³/mol. The smallest absolute Gasteiger partial charge is 0.416 e. The molecule has 0 saturated carbocycles. The molecule has 0 spiro atoms. The van der Waals surface area contributed by atoms with Gasteiger partial charge in [-0.15, -0.1) is 11.8 Å². The van der Waals surface area contributed by atoms with Gasteiger partial charge in [-0.05, 0) is 47.6 Å². The van der Waals surface area contributed by atoms with Gasteiger partial charge in [-0.3, -0.25) is 4.79 Å². The molecule has 3 N–H and O–H groups in total. The van der Waals surface area contributed by atoms with E-state index in [-0.39, 0.29) is 6.42 Å². The standard InChI is InChI=1S/C18H17F4NO2S/c19-14-3-1-2-12(10-14)16(26-9-8-15(23)17(24)25)11-4-6-13(7-5-11)18(20,21)22/h1-7,10,15-16H,8-9,23H2,(H,24,25). The normalized spacial score (nSPS) is 14.0. The summed E-state index contributed by atoms with van der Waals surface area (Å²) >= 11 is 1.30. The van der Waals surface area contributed by atoms with Crippen LogP contribution in [-0.2, 0) is 11.0 Å². The third kappa shape index (κ3) is 5.47. The molecule has 0 saturated heterocycles. The van der Waals surface area contributed by atoms with Crippen LogP contribution in [-0.4, -0.2) is 22.9 Å². The van der Waals surface area contributed by atoms with Crippen molar-refractivity contribution in [2.75, 3.05) is 5.75 Å². The first kappa shape index (κ1) is 20.3. The molecule has 0 aliphatic carbocycles. The quantitative estimate of drug-likeness (QED) is 0.688. The average Bonchev–Trinajstić information content (AvgIpc) is 2.58. The highest BCUT2D eigenvalue weighted by Gasteiger charge is 2.30. The number of hydrogen-bond acceptors (Lipinski definition) is 3. The number of benzene rings is 2. The summed E-state index contributed by atoms with van der Waals surface area (Å²) in [5.41, 5.74) is 5.86. The van der Waals surface area contributed by atoms with E-state index in [9.17, 15) is 22.4 Å². The minimum atomic E-state index is -4.44. The van der Waals surface area contributed by atoms with E-state index in [0.29, 0.717) is 16.9 Å². The van der Waals surface area contributed by atoms with Gasteiger partial charge >= 0.3 is 12.1 Å². The molecule has 2 aromatic carbocycles. The Hall–Kier alpha value is -2.06. The second-order valence-corrected chi connectivity index (χ2v) is 6.87. The van der Waals surface area contributed by atoms with E-state index in [1.54, 1.807) is 6.07 Å². The molecular formula is C18H17F4NO2S. The molecule has 0 aromatic heterocycles. The van der Waals surface area contributed by atoms with E-state index in [1.165, 1.54) is 42.1 Å². The molecule has 2 atom stereocenters. The van der Waals surface area contributed by atoms with E-state index >= 15 is 0 Å². The Kier molecular flexibility index (Phi) is 6.66. The lowest BCUT2D eigenvalue weighted by Crippen LogP contribution is -2.30. The van der Waals surface area contributed by atoms with Crippen LogP contribution in [0.25, 0.3) is 0 Å². The number of alkyl halides is 3. The molecular weight excluding hydrogens is 370 g/mol. The predicted octanol–water partition coefficient (Wildman–Crippen LogP) is 4.47. The van der Waals surface area contributed by atoms with Crippen molar-refractivity contribution in [3.05, 3.63) is 71.0 Å². The molecule has 0 heterocycles. The number of hydrogen-bond donors (Lipinski definition) is 2. The number of carboxylic acids is 1. The first-order valence-electron chi connectivity index (χ1n) is 7.71.